The molecule has 0 radical (unpaired) electrons. The number of ether oxygens (including phenoxy) is 3. The van der Waals surface area contributed by atoms with Gasteiger partial charge in [-0.15, -0.1) is 0 Å². The zero-order valence-corrected chi connectivity index (χ0v) is 13.3. The summed E-state index contributed by atoms with van der Waals surface area (Å²) in [6, 6.07) is 9.85. The van der Waals surface area contributed by atoms with Gasteiger partial charge < -0.3 is 19.3 Å². The van der Waals surface area contributed by atoms with E-state index >= 15 is 0 Å². The molecule has 1 aromatic rings. The van der Waals surface area contributed by atoms with Crippen LogP contribution in [0.1, 0.15) is 12.0 Å². The number of benzene rings is 1. The summed E-state index contributed by atoms with van der Waals surface area (Å²) in [6.07, 6.45) is 4.45. The normalized spacial score (nSPS) is 25.1. The molecule has 1 fully saturated rings. The molecule has 23 heavy (non-hydrogen) atoms. The van der Waals surface area contributed by atoms with Gasteiger partial charge in [-0.25, -0.2) is 0 Å². The first-order chi connectivity index (χ1) is 11.2. The third-order valence-electron chi connectivity index (χ3n) is 3.65. The summed E-state index contributed by atoms with van der Waals surface area (Å²) in [4.78, 5) is 0. The third-order valence-corrected chi connectivity index (χ3v) is 3.65. The van der Waals surface area contributed by atoms with Crippen LogP contribution in [-0.4, -0.2) is 36.8 Å². The fraction of sp³-hybridized carbons (Fsp3) is 0.368. The Kier molecular flexibility index (Phi) is 7.23. The molecule has 3 atom stereocenters. The Bertz CT molecular complexity index is 523. The highest BCUT2D eigenvalue weighted by Crippen LogP contribution is 2.20. The first-order valence-corrected chi connectivity index (χ1v) is 7.73. The minimum absolute atomic E-state index is 0.118. The van der Waals surface area contributed by atoms with Gasteiger partial charge in [0.15, 0.2) is 6.29 Å². The van der Waals surface area contributed by atoms with E-state index in [-0.39, 0.29) is 6.10 Å². The van der Waals surface area contributed by atoms with E-state index in [1.165, 1.54) is 0 Å². The summed E-state index contributed by atoms with van der Waals surface area (Å²) in [5, 5.41) is 9.93. The van der Waals surface area contributed by atoms with Crippen molar-refractivity contribution in [2.75, 3.05) is 13.2 Å². The number of hydrogen-bond acceptors (Lipinski definition) is 4. The second-order valence-electron chi connectivity index (χ2n) is 5.41. The van der Waals surface area contributed by atoms with Gasteiger partial charge in [0.1, 0.15) is 6.10 Å². The first-order valence-electron chi connectivity index (χ1n) is 7.73. The number of allylic oxidation sites excluding steroid dienone is 2. The largest absolute Gasteiger partial charge is 0.371 e. The summed E-state index contributed by atoms with van der Waals surface area (Å²) in [5.74, 6) is 0. The van der Waals surface area contributed by atoms with E-state index in [0.29, 0.717) is 26.2 Å². The van der Waals surface area contributed by atoms with Gasteiger partial charge in [0.05, 0.1) is 25.9 Å². The van der Waals surface area contributed by atoms with Gasteiger partial charge in [-0.2, -0.15) is 0 Å². The molecule has 0 bridgehead atoms. The van der Waals surface area contributed by atoms with Crippen molar-refractivity contribution in [1.82, 2.24) is 0 Å². The van der Waals surface area contributed by atoms with Gasteiger partial charge in [0.25, 0.3) is 0 Å². The second kappa shape index (κ2) is 9.43. The first kappa shape index (κ1) is 17.6. The Labute approximate surface area is 137 Å². The molecule has 0 amide bonds. The highest BCUT2D eigenvalue weighted by Gasteiger charge is 2.31. The average molecular weight is 316 g/mol. The van der Waals surface area contributed by atoms with Crippen LogP contribution in [0.3, 0.4) is 0 Å². The monoisotopic (exact) mass is 316 g/mol. The van der Waals surface area contributed by atoms with Gasteiger partial charge in [-0.3, -0.25) is 0 Å². The molecule has 0 aliphatic carbocycles. The predicted octanol–water partition coefficient (Wildman–Crippen LogP) is 2.99. The lowest BCUT2D eigenvalue weighted by Crippen LogP contribution is -2.43. The van der Waals surface area contributed by atoms with Crippen LogP contribution in [0, 0.1) is 0 Å². The Morgan fingerprint density at radius 1 is 1.26 bits per heavy atom. The van der Waals surface area contributed by atoms with Crippen LogP contribution in [0.25, 0.3) is 0 Å². The molecule has 4 heteroatoms. The summed E-state index contributed by atoms with van der Waals surface area (Å²) >= 11 is 0. The molecule has 2 rings (SSSR count). The lowest BCUT2D eigenvalue weighted by Gasteiger charge is -2.33. The summed E-state index contributed by atoms with van der Waals surface area (Å²) in [7, 11) is 0. The van der Waals surface area contributed by atoms with Crippen molar-refractivity contribution in [3.05, 3.63) is 72.9 Å². The Balaban J connectivity index is 1.82. The molecule has 0 unspecified atom stereocenters. The van der Waals surface area contributed by atoms with Crippen molar-refractivity contribution < 1.29 is 19.3 Å². The van der Waals surface area contributed by atoms with E-state index in [2.05, 4.69) is 13.2 Å². The molecule has 1 heterocycles. The minimum Gasteiger partial charge on any atom is -0.371 e. The van der Waals surface area contributed by atoms with E-state index < -0.39 is 12.4 Å². The summed E-state index contributed by atoms with van der Waals surface area (Å²) in [5.41, 5.74) is 2.01. The van der Waals surface area contributed by atoms with Crippen LogP contribution >= 0.6 is 0 Å². The summed E-state index contributed by atoms with van der Waals surface area (Å²) in [6.45, 7) is 8.63. The summed E-state index contributed by atoms with van der Waals surface area (Å²) < 4.78 is 17.0. The molecule has 0 spiro atoms. The number of rotatable bonds is 8. The van der Waals surface area contributed by atoms with Crippen LogP contribution < -0.4 is 0 Å². The fourth-order valence-corrected chi connectivity index (χ4v) is 2.34. The maximum atomic E-state index is 9.93. The lowest BCUT2D eigenvalue weighted by atomic mass is 10.1. The molecule has 0 aromatic heterocycles. The smallest absolute Gasteiger partial charge is 0.181 e. The fourth-order valence-electron chi connectivity index (χ4n) is 2.34. The van der Waals surface area contributed by atoms with Gasteiger partial charge in [-0.05, 0) is 11.1 Å². The van der Waals surface area contributed by atoms with E-state index in [1.807, 2.05) is 36.4 Å². The van der Waals surface area contributed by atoms with Crippen molar-refractivity contribution in [3.8, 4) is 0 Å². The number of aliphatic hydroxyl groups is 1. The molecule has 1 aliphatic heterocycles. The molecule has 4 nitrogen and oxygen atoms in total. The van der Waals surface area contributed by atoms with Crippen molar-refractivity contribution in [2.45, 2.75) is 31.5 Å². The number of aliphatic hydroxyl groups excluding tert-OH is 1. The van der Waals surface area contributed by atoms with Crippen LogP contribution in [0.15, 0.2) is 67.3 Å². The molecule has 1 aliphatic rings. The highest BCUT2D eigenvalue weighted by molar-refractivity contribution is 5.21. The molecule has 0 saturated carbocycles. The minimum atomic E-state index is -0.916. The molecule has 1 N–H and O–H groups in total. The Hall–Kier alpha value is -1.72. The van der Waals surface area contributed by atoms with Crippen molar-refractivity contribution in [3.63, 3.8) is 0 Å². The number of hydrogen-bond donors (Lipinski definition) is 1. The van der Waals surface area contributed by atoms with Gasteiger partial charge in [-0.1, -0.05) is 61.7 Å². The Morgan fingerprint density at radius 2 is 2.04 bits per heavy atom. The quantitative estimate of drug-likeness (QED) is 0.749. The molecular weight excluding hydrogens is 292 g/mol. The van der Waals surface area contributed by atoms with Gasteiger partial charge in [0, 0.05) is 6.42 Å². The second-order valence-corrected chi connectivity index (χ2v) is 5.41. The lowest BCUT2D eigenvalue weighted by molar-refractivity contribution is -0.234. The molecule has 1 aromatic carbocycles. The third kappa shape index (κ3) is 5.77. The van der Waals surface area contributed by atoms with Crippen molar-refractivity contribution in [1.29, 1.82) is 0 Å². The van der Waals surface area contributed by atoms with E-state index in [9.17, 15) is 5.11 Å². The van der Waals surface area contributed by atoms with Crippen LogP contribution in [-0.2, 0) is 20.8 Å². The van der Waals surface area contributed by atoms with Crippen molar-refractivity contribution >= 4 is 0 Å². The maximum Gasteiger partial charge on any atom is 0.181 e. The Morgan fingerprint density at radius 3 is 2.74 bits per heavy atom. The van der Waals surface area contributed by atoms with E-state index in [1.54, 1.807) is 12.2 Å². The predicted molar refractivity (Wildman–Crippen MR) is 89.8 cm³/mol. The van der Waals surface area contributed by atoms with Crippen molar-refractivity contribution in [2.24, 2.45) is 0 Å². The SMILES string of the molecule is C=C/C=C(\C=C)CO[C@@H]1CO[C@H](O)[C@H](OCc2ccccc2)C1. The maximum absolute atomic E-state index is 9.93. The van der Waals surface area contributed by atoms with Crippen LogP contribution in [0.4, 0.5) is 0 Å². The molecule has 124 valence electrons. The molecule has 1 saturated heterocycles. The van der Waals surface area contributed by atoms with Crippen LogP contribution in [0.5, 0.6) is 0 Å². The average Bonchev–Trinajstić information content (AvgIpc) is 2.59. The molecular formula is C19H24O4. The van der Waals surface area contributed by atoms with E-state index in [4.69, 9.17) is 14.2 Å². The standard InChI is InChI=1S/C19H24O4/c1-3-8-15(4-2)12-21-17-11-18(19(20)23-14-17)22-13-16-9-6-5-7-10-16/h3-10,17-20H,1-2,11-14H2/b15-8+/t17-,18+,19-/m0/s1. The van der Waals surface area contributed by atoms with Gasteiger partial charge in [0.2, 0.25) is 0 Å². The zero-order valence-electron chi connectivity index (χ0n) is 13.3. The topological polar surface area (TPSA) is 47.9 Å². The zero-order chi connectivity index (χ0) is 16.5. The van der Waals surface area contributed by atoms with E-state index in [0.717, 1.165) is 11.1 Å². The highest BCUT2D eigenvalue weighted by atomic mass is 16.6. The van der Waals surface area contributed by atoms with Gasteiger partial charge >= 0.3 is 0 Å². The van der Waals surface area contributed by atoms with Crippen LogP contribution in [0.2, 0.25) is 0 Å².